The number of rotatable bonds is 4. The maximum Gasteiger partial charge on any atom is 0.213 e. The molecule has 0 bridgehead atoms. The predicted molar refractivity (Wildman–Crippen MR) is 63.3 cm³/mol. The van der Waals surface area contributed by atoms with Crippen LogP contribution in [0.1, 0.15) is 30.1 Å². The molecule has 1 fully saturated rings. The van der Waals surface area contributed by atoms with Crippen molar-refractivity contribution < 1.29 is 8.91 Å². The summed E-state index contributed by atoms with van der Waals surface area (Å²) in [6.45, 7) is 0.602. The van der Waals surface area contributed by atoms with E-state index in [0.717, 1.165) is 18.4 Å². The Morgan fingerprint density at radius 2 is 2.17 bits per heavy atom. The van der Waals surface area contributed by atoms with Crippen LogP contribution >= 0.6 is 0 Å². The Labute approximate surface area is 104 Å². The zero-order valence-electron chi connectivity index (χ0n) is 9.84. The van der Waals surface area contributed by atoms with Crippen molar-refractivity contribution in [2.75, 3.05) is 0 Å². The normalized spacial score (nSPS) is 22.7. The lowest BCUT2D eigenvalue weighted by Gasteiger charge is -2.36. The Hall–Kier alpha value is -1.75. The number of halogens is 1. The van der Waals surface area contributed by atoms with Gasteiger partial charge in [0.15, 0.2) is 5.82 Å². The highest BCUT2D eigenvalue weighted by Gasteiger charge is 2.31. The second-order valence-electron chi connectivity index (χ2n) is 4.62. The van der Waals surface area contributed by atoms with Crippen LogP contribution in [0, 0.1) is 5.82 Å². The molecule has 2 aromatic rings. The summed E-state index contributed by atoms with van der Waals surface area (Å²) in [6.07, 6.45) is 3.23. The lowest BCUT2D eigenvalue weighted by molar-refractivity contribution is 0.280. The van der Waals surface area contributed by atoms with Gasteiger partial charge in [0.2, 0.25) is 6.39 Å². The average molecular weight is 247 g/mol. The van der Waals surface area contributed by atoms with Crippen LogP contribution in [0.5, 0.6) is 0 Å². The molecule has 1 aliphatic carbocycles. The van der Waals surface area contributed by atoms with Crippen LogP contribution in [0.3, 0.4) is 0 Å². The van der Waals surface area contributed by atoms with Crippen molar-refractivity contribution in [3.63, 3.8) is 0 Å². The molecule has 0 radical (unpaired) electrons. The van der Waals surface area contributed by atoms with Crippen LogP contribution in [0.15, 0.2) is 35.2 Å². The van der Waals surface area contributed by atoms with E-state index in [1.165, 1.54) is 12.5 Å². The molecule has 0 amide bonds. The van der Waals surface area contributed by atoms with Gasteiger partial charge in [-0.3, -0.25) is 0 Å². The fourth-order valence-corrected chi connectivity index (χ4v) is 2.35. The number of hydrogen-bond donors (Lipinski definition) is 1. The van der Waals surface area contributed by atoms with Gasteiger partial charge < -0.3 is 9.84 Å². The van der Waals surface area contributed by atoms with E-state index in [1.807, 2.05) is 12.1 Å². The van der Waals surface area contributed by atoms with Gasteiger partial charge in [0.05, 0.1) is 6.54 Å². The molecule has 1 aromatic carbocycles. The van der Waals surface area contributed by atoms with E-state index in [9.17, 15) is 4.39 Å². The Morgan fingerprint density at radius 3 is 2.89 bits per heavy atom. The molecule has 1 heterocycles. The van der Waals surface area contributed by atoms with Crippen molar-refractivity contribution in [2.45, 2.75) is 31.3 Å². The van der Waals surface area contributed by atoms with E-state index < -0.39 is 0 Å². The van der Waals surface area contributed by atoms with Gasteiger partial charge in [0.25, 0.3) is 0 Å². The van der Waals surface area contributed by atoms with Crippen molar-refractivity contribution in [1.82, 2.24) is 15.5 Å². The van der Waals surface area contributed by atoms with Crippen molar-refractivity contribution in [3.8, 4) is 0 Å². The van der Waals surface area contributed by atoms with Crippen molar-refractivity contribution >= 4 is 0 Å². The van der Waals surface area contributed by atoms with Crippen LogP contribution in [0.4, 0.5) is 4.39 Å². The second kappa shape index (κ2) is 4.86. The van der Waals surface area contributed by atoms with Gasteiger partial charge >= 0.3 is 0 Å². The molecule has 1 saturated carbocycles. The minimum Gasteiger partial charge on any atom is -0.343 e. The first-order valence-corrected chi connectivity index (χ1v) is 6.06. The predicted octanol–water partition coefficient (Wildman–Crippen LogP) is 2.24. The van der Waals surface area contributed by atoms with Crippen LogP contribution in [0.2, 0.25) is 0 Å². The van der Waals surface area contributed by atoms with Crippen LogP contribution < -0.4 is 5.32 Å². The Kier molecular flexibility index (Phi) is 3.06. The molecule has 94 valence electrons. The van der Waals surface area contributed by atoms with E-state index in [2.05, 4.69) is 20.0 Å². The van der Waals surface area contributed by atoms with E-state index in [-0.39, 0.29) is 5.82 Å². The van der Waals surface area contributed by atoms with Gasteiger partial charge in [0, 0.05) is 6.04 Å². The molecule has 0 unspecified atom stereocenters. The minimum atomic E-state index is -0.0980. The number of aromatic nitrogens is 2. The van der Waals surface area contributed by atoms with E-state index in [0.29, 0.717) is 24.3 Å². The lowest BCUT2D eigenvalue weighted by atomic mass is 9.75. The highest BCUT2D eigenvalue weighted by Crippen LogP contribution is 2.37. The van der Waals surface area contributed by atoms with Gasteiger partial charge in [-0.05, 0) is 30.4 Å². The number of hydrogen-bond acceptors (Lipinski definition) is 4. The van der Waals surface area contributed by atoms with E-state index >= 15 is 0 Å². The summed E-state index contributed by atoms with van der Waals surface area (Å²) in [4.78, 5) is 3.94. The van der Waals surface area contributed by atoms with Crippen LogP contribution in [-0.2, 0) is 6.54 Å². The smallest absolute Gasteiger partial charge is 0.213 e. The molecule has 1 aromatic heterocycles. The highest BCUT2D eigenvalue weighted by molar-refractivity contribution is 5.24. The van der Waals surface area contributed by atoms with E-state index in [1.54, 1.807) is 6.07 Å². The maximum absolute atomic E-state index is 13.5. The van der Waals surface area contributed by atoms with Gasteiger partial charge in [-0.15, -0.1) is 0 Å². The minimum absolute atomic E-state index is 0.0980. The van der Waals surface area contributed by atoms with Crippen LogP contribution in [-0.4, -0.2) is 16.2 Å². The fraction of sp³-hybridized carbons (Fsp3) is 0.385. The first kappa shape index (κ1) is 11.3. The van der Waals surface area contributed by atoms with Gasteiger partial charge in [0.1, 0.15) is 5.82 Å². The van der Waals surface area contributed by atoms with Crippen molar-refractivity contribution in [3.05, 3.63) is 47.9 Å². The Morgan fingerprint density at radius 1 is 1.33 bits per heavy atom. The molecule has 18 heavy (non-hydrogen) atoms. The monoisotopic (exact) mass is 247 g/mol. The molecule has 4 nitrogen and oxygen atoms in total. The second-order valence-corrected chi connectivity index (χ2v) is 4.62. The summed E-state index contributed by atoms with van der Waals surface area (Å²) in [6, 6.07) is 7.42. The highest BCUT2D eigenvalue weighted by atomic mass is 19.1. The summed E-state index contributed by atoms with van der Waals surface area (Å²) in [5.74, 6) is 0.887. The molecular formula is C13H14FN3O. The lowest BCUT2D eigenvalue weighted by Crippen LogP contribution is -2.40. The zero-order chi connectivity index (χ0) is 12.4. The molecule has 3 rings (SSSR count). The van der Waals surface area contributed by atoms with E-state index in [4.69, 9.17) is 0 Å². The standard InChI is InChI=1S/C13H14FN3O/c14-12-4-2-1-3-11(12)9-5-10(6-9)15-7-13-16-8-18-17-13/h1-4,8-10,15H,5-7H2. The SMILES string of the molecule is Fc1ccccc1C1CC(NCc2ncon2)C1. The fourth-order valence-electron chi connectivity index (χ4n) is 2.35. The largest absolute Gasteiger partial charge is 0.343 e. The Bertz CT molecular complexity index is 509. The summed E-state index contributed by atoms with van der Waals surface area (Å²) < 4.78 is 18.2. The molecule has 5 heteroatoms. The van der Waals surface area contributed by atoms with Crippen molar-refractivity contribution in [1.29, 1.82) is 0 Å². The quantitative estimate of drug-likeness (QED) is 0.900. The summed E-state index contributed by atoms with van der Waals surface area (Å²) >= 11 is 0. The summed E-state index contributed by atoms with van der Waals surface area (Å²) in [5.41, 5.74) is 0.829. The topological polar surface area (TPSA) is 51.0 Å². The summed E-state index contributed by atoms with van der Waals surface area (Å²) in [5, 5.41) is 7.06. The molecule has 0 aliphatic heterocycles. The van der Waals surface area contributed by atoms with Gasteiger partial charge in [-0.25, -0.2) is 4.39 Å². The molecule has 0 spiro atoms. The molecule has 1 N–H and O–H groups in total. The number of benzene rings is 1. The third-order valence-electron chi connectivity index (χ3n) is 3.44. The van der Waals surface area contributed by atoms with Gasteiger partial charge in [-0.2, -0.15) is 4.98 Å². The molecular weight excluding hydrogens is 233 g/mol. The van der Waals surface area contributed by atoms with Crippen LogP contribution in [0.25, 0.3) is 0 Å². The first-order chi connectivity index (χ1) is 8.83. The Balaban J connectivity index is 1.50. The molecule has 1 aliphatic rings. The average Bonchev–Trinajstić information content (AvgIpc) is 2.82. The van der Waals surface area contributed by atoms with Gasteiger partial charge in [-0.1, -0.05) is 23.4 Å². The number of nitrogens with zero attached hydrogens (tertiary/aromatic N) is 2. The third kappa shape index (κ3) is 2.26. The third-order valence-corrected chi connectivity index (χ3v) is 3.44. The first-order valence-electron chi connectivity index (χ1n) is 6.06. The zero-order valence-corrected chi connectivity index (χ0v) is 9.84. The molecule has 0 atom stereocenters. The maximum atomic E-state index is 13.5. The van der Waals surface area contributed by atoms with Crippen molar-refractivity contribution in [2.24, 2.45) is 0 Å². The molecule has 0 saturated heterocycles. The number of nitrogens with one attached hydrogen (secondary N) is 1. The summed E-state index contributed by atoms with van der Waals surface area (Å²) in [7, 11) is 0.